The van der Waals surface area contributed by atoms with Gasteiger partial charge in [0.25, 0.3) is 0 Å². The van der Waals surface area contributed by atoms with Crippen molar-refractivity contribution in [2.75, 3.05) is 5.73 Å². The number of aromatic nitrogens is 2. The molecule has 0 spiro atoms. The van der Waals surface area contributed by atoms with E-state index in [1.807, 2.05) is 24.3 Å². The molecule has 0 bridgehead atoms. The first-order valence-corrected chi connectivity index (χ1v) is 7.94. The minimum atomic E-state index is 0.0562. The van der Waals surface area contributed by atoms with Gasteiger partial charge in [-0.05, 0) is 18.4 Å². The average Bonchev–Trinajstić information content (AvgIpc) is 2.80. The molecule has 4 heteroatoms. The summed E-state index contributed by atoms with van der Waals surface area (Å²) in [4.78, 5) is 0. The zero-order valence-electron chi connectivity index (χ0n) is 13.6. The van der Waals surface area contributed by atoms with E-state index < -0.39 is 0 Å². The van der Waals surface area contributed by atoms with Crippen LogP contribution in [0.1, 0.15) is 50.9 Å². The molecular weight excluding hydrogens is 274 g/mol. The Kier molecular flexibility index (Phi) is 3.96. The molecule has 3 rings (SSSR count). The van der Waals surface area contributed by atoms with Crippen molar-refractivity contribution < 1.29 is 4.74 Å². The van der Waals surface area contributed by atoms with Gasteiger partial charge < -0.3 is 10.5 Å². The minimum absolute atomic E-state index is 0.0562. The van der Waals surface area contributed by atoms with E-state index in [1.54, 1.807) is 0 Å². The number of benzene rings is 1. The Morgan fingerprint density at radius 2 is 1.91 bits per heavy atom. The van der Waals surface area contributed by atoms with Gasteiger partial charge in [-0.3, -0.25) is 4.68 Å². The monoisotopic (exact) mass is 299 g/mol. The molecule has 0 aliphatic heterocycles. The fraction of sp³-hybridized carbons (Fsp3) is 0.500. The van der Waals surface area contributed by atoms with Crippen LogP contribution in [0.2, 0.25) is 0 Å². The number of hydrogen-bond donors (Lipinski definition) is 1. The van der Waals surface area contributed by atoms with Gasteiger partial charge in [0, 0.05) is 17.2 Å². The van der Waals surface area contributed by atoms with E-state index in [2.05, 4.69) is 42.7 Å². The van der Waals surface area contributed by atoms with Crippen LogP contribution < -0.4 is 5.73 Å². The number of hydrogen-bond acceptors (Lipinski definition) is 3. The minimum Gasteiger partial charge on any atom is -0.382 e. The molecule has 1 aromatic carbocycles. The van der Waals surface area contributed by atoms with E-state index in [0.717, 1.165) is 12.8 Å². The van der Waals surface area contributed by atoms with Crippen LogP contribution in [0.5, 0.6) is 0 Å². The Balaban J connectivity index is 1.58. The third-order valence-electron chi connectivity index (χ3n) is 4.27. The van der Waals surface area contributed by atoms with Crippen molar-refractivity contribution >= 4 is 5.82 Å². The van der Waals surface area contributed by atoms with Crippen molar-refractivity contribution in [1.82, 2.24) is 9.78 Å². The Morgan fingerprint density at radius 1 is 1.23 bits per heavy atom. The fourth-order valence-corrected chi connectivity index (χ4v) is 2.91. The van der Waals surface area contributed by atoms with Crippen LogP contribution in [0, 0.1) is 0 Å². The Labute approximate surface area is 132 Å². The summed E-state index contributed by atoms with van der Waals surface area (Å²) in [5, 5.41) is 4.49. The molecule has 1 aromatic heterocycles. The van der Waals surface area contributed by atoms with E-state index in [1.165, 1.54) is 11.3 Å². The largest absolute Gasteiger partial charge is 0.382 e. The molecule has 22 heavy (non-hydrogen) atoms. The summed E-state index contributed by atoms with van der Waals surface area (Å²) in [7, 11) is 0. The van der Waals surface area contributed by atoms with E-state index >= 15 is 0 Å². The first-order valence-electron chi connectivity index (χ1n) is 7.94. The van der Waals surface area contributed by atoms with Gasteiger partial charge in [-0.25, -0.2) is 0 Å². The van der Waals surface area contributed by atoms with E-state index in [0.29, 0.717) is 24.6 Å². The van der Waals surface area contributed by atoms with Gasteiger partial charge in [-0.1, -0.05) is 51.1 Å². The molecule has 0 unspecified atom stereocenters. The second-order valence-electron chi connectivity index (χ2n) is 7.19. The van der Waals surface area contributed by atoms with Crippen LogP contribution >= 0.6 is 0 Å². The quantitative estimate of drug-likeness (QED) is 0.937. The molecule has 1 heterocycles. The van der Waals surface area contributed by atoms with Crippen molar-refractivity contribution in [1.29, 1.82) is 0 Å². The van der Waals surface area contributed by atoms with Crippen molar-refractivity contribution in [2.45, 2.75) is 57.8 Å². The highest BCUT2D eigenvalue weighted by atomic mass is 16.5. The second-order valence-corrected chi connectivity index (χ2v) is 7.19. The van der Waals surface area contributed by atoms with Crippen LogP contribution in [0.4, 0.5) is 5.82 Å². The molecule has 0 atom stereocenters. The molecule has 118 valence electrons. The molecule has 0 radical (unpaired) electrons. The summed E-state index contributed by atoms with van der Waals surface area (Å²) in [6, 6.07) is 12.7. The molecule has 1 aliphatic carbocycles. The highest BCUT2D eigenvalue weighted by molar-refractivity contribution is 5.33. The van der Waals surface area contributed by atoms with Gasteiger partial charge in [0.1, 0.15) is 5.82 Å². The molecular formula is C18H25N3O. The predicted molar refractivity (Wildman–Crippen MR) is 88.6 cm³/mol. The van der Waals surface area contributed by atoms with Crippen molar-refractivity contribution in [3.8, 4) is 0 Å². The topological polar surface area (TPSA) is 53.1 Å². The molecule has 1 fully saturated rings. The predicted octanol–water partition coefficient (Wildman–Crippen LogP) is 3.68. The Morgan fingerprint density at radius 3 is 2.55 bits per heavy atom. The van der Waals surface area contributed by atoms with Gasteiger partial charge in [-0.15, -0.1) is 0 Å². The van der Waals surface area contributed by atoms with Crippen molar-refractivity contribution in [3.05, 3.63) is 47.7 Å². The standard InChI is InChI=1S/C18H25N3O/c1-18(2,3)16-11-17(19)20-21(16)14-9-15(10-14)22-12-13-7-5-4-6-8-13/h4-8,11,14-15H,9-10,12H2,1-3H3,(H2,19,20)/t14-,15+. The zero-order chi connectivity index (χ0) is 15.7. The highest BCUT2D eigenvalue weighted by Crippen LogP contribution is 2.38. The maximum absolute atomic E-state index is 5.98. The molecule has 2 aromatic rings. The lowest BCUT2D eigenvalue weighted by molar-refractivity contribution is -0.0394. The fourth-order valence-electron chi connectivity index (χ4n) is 2.91. The van der Waals surface area contributed by atoms with Crippen LogP contribution in [0.15, 0.2) is 36.4 Å². The number of rotatable bonds is 4. The van der Waals surface area contributed by atoms with Crippen molar-refractivity contribution in [2.24, 2.45) is 0 Å². The molecule has 2 N–H and O–H groups in total. The van der Waals surface area contributed by atoms with Gasteiger partial charge >= 0.3 is 0 Å². The van der Waals surface area contributed by atoms with E-state index in [-0.39, 0.29) is 5.41 Å². The van der Waals surface area contributed by atoms with Gasteiger partial charge in [-0.2, -0.15) is 5.10 Å². The van der Waals surface area contributed by atoms with E-state index in [4.69, 9.17) is 10.5 Å². The number of nitrogens with two attached hydrogens (primary N) is 1. The Hall–Kier alpha value is -1.81. The summed E-state index contributed by atoms with van der Waals surface area (Å²) in [5.41, 5.74) is 8.39. The van der Waals surface area contributed by atoms with Gasteiger partial charge in [0.15, 0.2) is 0 Å². The normalized spacial score (nSPS) is 21.6. The average molecular weight is 299 g/mol. The number of nitrogen functional groups attached to an aromatic ring is 1. The Bertz CT molecular complexity index is 622. The number of ether oxygens (including phenoxy) is 1. The van der Waals surface area contributed by atoms with Crippen LogP contribution in [-0.4, -0.2) is 15.9 Å². The lowest BCUT2D eigenvalue weighted by Gasteiger charge is -2.37. The van der Waals surface area contributed by atoms with Crippen molar-refractivity contribution in [3.63, 3.8) is 0 Å². The van der Waals surface area contributed by atoms with Crippen LogP contribution in [0.3, 0.4) is 0 Å². The number of nitrogens with zero attached hydrogens (tertiary/aromatic N) is 2. The second kappa shape index (κ2) is 5.76. The maximum atomic E-state index is 5.98. The summed E-state index contributed by atoms with van der Waals surface area (Å²) < 4.78 is 8.08. The highest BCUT2D eigenvalue weighted by Gasteiger charge is 2.35. The maximum Gasteiger partial charge on any atom is 0.145 e. The summed E-state index contributed by atoms with van der Waals surface area (Å²) >= 11 is 0. The van der Waals surface area contributed by atoms with Gasteiger partial charge in [0.05, 0.1) is 18.8 Å². The lowest BCUT2D eigenvalue weighted by Crippen LogP contribution is -2.36. The molecule has 1 saturated carbocycles. The SMILES string of the molecule is CC(C)(C)c1cc(N)nn1[C@H]1C[C@@H](OCc2ccccc2)C1. The molecule has 1 aliphatic rings. The summed E-state index contributed by atoms with van der Waals surface area (Å²) in [5.74, 6) is 0.610. The molecule has 0 amide bonds. The number of anilines is 1. The first-order chi connectivity index (χ1) is 10.4. The van der Waals surface area contributed by atoms with Gasteiger partial charge in [0.2, 0.25) is 0 Å². The lowest BCUT2D eigenvalue weighted by atomic mass is 9.86. The molecule has 0 saturated heterocycles. The van der Waals surface area contributed by atoms with E-state index in [9.17, 15) is 0 Å². The van der Waals surface area contributed by atoms with Crippen LogP contribution in [-0.2, 0) is 16.8 Å². The zero-order valence-corrected chi connectivity index (χ0v) is 13.6. The summed E-state index contributed by atoms with van der Waals surface area (Å²) in [6.45, 7) is 7.28. The smallest absolute Gasteiger partial charge is 0.145 e. The van der Waals surface area contributed by atoms with Crippen LogP contribution in [0.25, 0.3) is 0 Å². The molecule has 4 nitrogen and oxygen atoms in total. The summed E-state index contributed by atoms with van der Waals surface area (Å²) in [6.07, 6.45) is 2.34. The third kappa shape index (κ3) is 3.17. The third-order valence-corrected chi connectivity index (χ3v) is 4.27. The first kappa shape index (κ1) is 15.1.